The molecule has 86 valence electrons. The molecule has 0 spiro atoms. The molecule has 1 aliphatic rings. The Hall–Kier alpha value is -1.03. The average molecular weight is 283 g/mol. The standard InChI is InChI=1S/C12H15BrN2O/c1-12(2)6-8(12)11(16)15-10-4-3-7(13)5-9(10)14/h3-5,8H,6,14H2,1-2H3,(H,15,16). The summed E-state index contributed by atoms with van der Waals surface area (Å²) >= 11 is 3.33. The summed E-state index contributed by atoms with van der Waals surface area (Å²) in [5.74, 6) is 0.189. The van der Waals surface area contributed by atoms with Gasteiger partial charge in [0, 0.05) is 10.4 Å². The maximum Gasteiger partial charge on any atom is 0.228 e. The molecule has 1 unspecified atom stereocenters. The predicted octanol–water partition coefficient (Wildman–Crippen LogP) is 3.02. The van der Waals surface area contributed by atoms with Crippen molar-refractivity contribution < 1.29 is 4.79 Å². The summed E-state index contributed by atoms with van der Waals surface area (Å²) in [6.07, 6.45) is 0.954. The van der Waals surface area contributed by atoms with Crippen LogP contribution in [0.4, 0.5) is 11.4 Å². The molecule has 1 saturated carbocycles. The molecule has 1 atom stereocenters. The Labute approximate surface area is 104 Å². The van der Waals surface area contributed by atoms with E-state index in [4.69, 9.17) is 5.73 Å². The lowest BCUT2D eigenvalue weighted by Crippen LogP contribution is -2.17. The first-order chi connectivity index (χ1) is 7.40. The molecular weight excluding hydrogens is 268 g/mol. The number of nitrogen functional groups attached to an aromatic ring is 1. The number of hydrogen-bond donors (Lipinski definition) is 2. The number of hydrogen-bond acceptors (Lipinski definition) is 2. The van der Waals surface area contributed by atoms with Crippen molar-refractivity contribution in [2.45, 2.75) is 20.3 Å². The highest BCUT2D eigenvalue weighted by atomic mass is 79.9. The maximum absolute atomic E-state index is 11.8. The van der Waals surface area contributed by atoms with Crippen molar-refractivity contribution in [3.63, 3.8) is 0 Å². The first-order valence-corrected chi connectivity index (χ1v) is 6.05. The van der Waals surface area contributed by atoms with Gasteiger partial charge < -0.3 is 11.1 Å². The highest BCUT2D eigenvalue weighted by Gasteiger charge is 2.50. The third kappa shape index (κ3) is 2.21. The highest BCUT2D eigenvalue weighted by molar-refractivity contribution is 9.10. The molecule has 0 aromatic heterocycles. The zero-order valence-electron chi connectivity index (χ0n) is 9.38. The summed E-state index contributed by atoms with van der Waals surface area (Å²) in [5.41, 5.74) is 7.24. The Bertz CT molecular complexity index is 443. The van der Waals surface area contributed by atoms with Crippen LogP contribution in [0.2, 0.25) is 0 Å². The molecule has 0 saturated heterocycles. The molecule has 3 nitrogen and oxygen atoms in total. The van der Waals surface area contributed by atoms with Crippen LogP contribution in [0.25, 0.3) is 0 Å². The molecule has 0 bridgehead atoms. The maximum atomic E-state index is 11.8. The Morgan fingerprint density at radius 3 is 2.69 bits per heavy atom. The topological polar surface area (TPSA) is 55.1 Å². The second-order valence-electron chi connectivity index (χ2n) is 4.97. The van der Waals surface area contributed by atoms with Gasteiger partial charge in [-0.3, -0.25) is 4.79 Å². The van der Waals surface area contributed by atoms with Gasteiger partial charge in [-0.25, -0.2) is 0 Å². The van der Waals surface area contributed by atoms with Crippen LogP contribution in [-0.4, -0.2) is 5.91 Å². The Morgan fingerprint density at radius 2 is 2.19 bits per heavy atom. The molecule has 1 aromatic carbocycles. The number of amides is 1. The first kappa shape index (κ1) is 11.5. The smallest absolute Gasteiger partial charge is 0.228 e. The Kier molecular flexibility index (Phi) is 2.70. The monoisotopic (exact) mass is 282 g/mol. The van der Waals surface area contributed by atoms with Crippen molar-refractivity contribution in [2.24, 2.45) is 11.3 Å². The molecule has 2 rings (SSSR count). The molecule has 0 heterocycles. The summed E-state index contributed by atoms with van der Waals surface area (Å²) in [7, 11) is 0. The van der Waals surface area contributed by atoms with Crippen LogP contribution >= 0.6 is 15.9 Å². The number of rotatable bonds is 2. The van der Waals surface area contributed by atoms with Crippen LogP contribution in [0.3, 0.4) is 0 Å². The third-order valence-electron chi connectivity index (χ3n) is 3.10. The van der Waals surface area contributed by atoms with Gasteiger partial charge in [-0.15, -0.1) is 0 Å². The minimum atomic E-state index is 0.0685. The van der Waals surface area contributed by atoms with E-state index in [2.05, 4.69) is 35.1 Å². The quantitative estimate of drug-likeness (QED) is 0.820. The van der Waals surface area contributed by atoms with Gasteiger partial charge in [-0.2, -0.15) is 0 Å². The fourth-order valence-corrected chi connectivity index (χ4v) is 2.16. The predicted molar refractivity (Wildman–Crippen MR) is 69.1 cm³/mol. The molecule has 16 heavy (non-hydrogen) atoms. The van der Waals surface area contributed by atoms with E-state index in [-0.39, 0.29) is 17.2 Å². The van der Waals surface area contributed by atoms with E-state index in [1.165, 1.54) is 0 Å². The van der Waals surface area contributed by atoms with Gasteiger partial charge in [0.25, 0.3) is 0 Å². The van der Waals surface area contributed by atoms with E-state index in [1.807, 2.05) is 12.1 Å². The molecule has 0 radical (unpaired) electrons. The summed E-state index contributed by atoms with van der Waals surface area (Å²) < 4.78 is 0.912. The second kappa shape index (κ2) is 3.77. The Balaban J connectivity index is 2.07. The van der Waals surface area contributed by atoms with E-state index < -0.39 is 0 Å². The van der Waals surface area contributed by atoms with Crippen molar-refractivity contribution in [1.82, 2.24) is 0 Å². The number of carbonyl (C=O) groups is 1. The molecular formula is C12H15BrN2O. The zero-order chi connectivity index (χ0) is 11.9. The van der Waals surface area contributed by atoms with Gasteiger partial charge in [-0.05, 0) is 30.0 Å². The van der Waals surface area contributed by atoms with Gasteiger partial charge in [0.2, 0.25) is 5.91 Å². The average Bonchev–Trinajstić information content (AvgIpc) is 2.80. The van der Waals surface area contributed by atoms with Crippen molar-refractivity contribution in [1.29, 1.82) is 0 Å². The summed E-state index contributed by atoms with van der Waals surface area (Å²) in [6, 6.07) is 5.46. The molecule has 1 aliphatic carbocycles. The van der Waals surface area contributed by atoms with E-state index in [0.717, 1.165) is 10.9 Å². The van der Waals surface area contributed by atoms with Crippen LogP contribution in [-0.2, 0) is 4.79 Å². The van der Waals surface area contributed by atoms with Crippen LogP contribution in [0, 0.1) is 11.3 Å². The van der Waals surface area contributed by atoms with Crippen LogP contribution in [0.5, 0.6) is 0 Å². The number of anilines is 2. The van der Waals surface area contributed by atoms with Crippen LogP contribution in [0.15, 0.2) is 22.7 Å². The van der Waals surface area contributed by atoms with Crippen molar-refractivity contribution in [3.8, 4) is 0 Å². The lowest BCUT2D eigenvalue weighted by Gasteiger charge is -2.09. The van der Waals surface area contributed by atoms with Crippen molar-refractivity contribution in [3.05, 3.63) is 22.7 Å². The van der Waals surface area contributed by atoms with Crippen molar-refractivity contribution in [2.75, 3.05) is 11.1 Å². The fourth-order valence-electron chi connectivity index (χ4n) is 1.78. The number of benzene rings is 1. The lowest BCUT2D eigenvalue weighted by atomic mass is 10.1. The van der Waals surface area contributed by atoms with Crippen LogP contribution in [0.1, 0.15) is 20.3 Å². The SMILES string of the molecule is CC1(C)CC1C(=O)Nc1ccc(Br)cc1N. The minimum absolute atomic E-state index is 0.0685. The van der Waals surface area contributed by atoms with Gasteiger partial charge in [0.05, 0.1) is 11.4 Å². The first-order valence-electron chi connectivity index (χ1n) is 5.26. The number of halogens is 1. The van der Waals surface area contributed by atoms with E-state index in [9.17, 15) is 4.79 Å². The summed E-state index contributed by atoms with van der Waals surface area (Å²) in [5, 5.41) is 2.87. The van der Waals surface area contributed by atoms with E-state index >= 15 is 0 Å². The largest absolute Gasteiger partial charge is 0.397 e. The van der Waals surface area contributed by atoms with Gasteiger partial charge >= 0.3 is 0 Å². The van der Waals surface area contributed by atoms with Crippen molar-refractivity contribution >= 4 is 33.2 Å². The van der Waals surface area contributed by atoms with Gasteiger partial charge in [-0.1, -0.05) is 29.8 Å². The van der Waals surface area contributed by atoms with Gasteiger partial charge in [0.1, 0.15) is 0 Å². The molecule has 1 aromatic rings. The summed E-state index contributed by atoms with van der Waals surface area (Å²) in [6.45, 7) is 4.20. The van der Waals surface area contributed by atoms with Gasteiger partial charge in [0.15, 0.2) is 0 Å². The molecule has 0 aliphatic heterocycles. The highest BCUT2D eigenvalue weighted by Crippen LogP contribution is 2.52. The normalized spacial score (nSPS) is 21.6. The summed E-state index contributed by atoms with van der Waals surface area (Å²) in [4.78, 5) is 11.8. The van der Waals surface area contributed by atoms with E-state index in [1.54, 1.807) is 6.07 Å². The Morgan fingerprint density at radius 1 is 1.56 bits per heavy atom. The molecule has 1 amide bonds. The second-order valence-corrected chi connectivity index (χ2v) is 5.88. The minimum Gasteiger partial charge on any atom is -0.397 e. The molecule has 1 fully saturated rings. The lowest BCUT2D eigenvalue weighted by molar-refractivity contribution is -0.117. The molecule has 4 heteroatoms. The van der Waals surface area contributed by atoms with E-state index in [0.29, 0.717) is 11.4 Å². The number of carbonyl (C=O) groups excluding carboxylic acids is 1. The number of nitrogens with one attached hydrogen (secondary N) is 1. The number of nitrogens with two attached hydrogens (primary N) is 1. The molecule has 3 N–H and O–H groups in total. The van der Waals surface area contributed by atoms with Crippen LogP contribution < -0.4 is 11.1 Å². The third-order valence-corrected chi connectivity index (χ3v) is 3.59. The fraction of sp³-hybridized carbons (Fsp3) is 0.417. The zero-order valence-corrected chi connectivity index (χ0v) is 11.0.